The number of nitrogens with zero attached hydrogens (tertiary/aromatic N) is 2. The van der Waals surface area contributed by atoms with Crippen LogP contribution in [-0.2, 0) is 11.3 Å². The van der Waals surface area contributed by atoms with Crippen LogP contribution >= 0.6 is 0 Å². The van der Waals surface area contributed by atoms with Gasteiger partial charge in [-0.25, -0.2) is 4.79 Å². The third-order valence-electron chi connectivity index (χ3n) is 5.75. The molecule has 1 saturated heterocycles. The van der Waals surface area contributed by atoms with E-state index in [9.17, 15) is 9.59 Å². The number of amides is 3. The first kappa shape index (κ1) is 21.0. The van der Waals surface area contributed by atoms with Crippen LogP contribution in [0.4, 0.5) is 10.5 Å². The third kappa shape index (κ3) is 4.76. The maximum Gasteiger partial charge on any atom is 0.324 e. The van der Waals surface area contributed by atoms with Crippen LogP contribution < -0.4 is 19.7 Å². The van der Waals surface area contributed by atoms with Crippen LogP contribution in [0.3, 0.4) is 0 Å². The monoisotopic (exact) mass is 423 g/mol. The maximum atomic E-state index is 13.2. The lowest BCUT2D eigenvalue weighted by Crippen LogP contribution is -2.52. The summed E-state index contributed by atoms with van der Waals surface area (Å²) in [5, 5.41) is 3.03. The first-order valence-corrected chi connectivity index (χ1v) is 10.9. The Balaban J connectivity index is 1.37. The number of anilines is 1. The fourth-order valence-electron chi connectivity index (χ4n) is 4.18. The van der Waals surface area contributed by atoms with Gasteiger partial charge in [0.1, 0.15) is 18.1 Å². The highest BCUT2D eigenvalue weighted by atomic mass is 16.5. The number of benzene rings is 2. The molecule has 2 aliphatic rings. The summed E-state index contributed by atoms with van der Waals surface area (Å²) in [6.45, 7) is 5.01. The Morgan fingerprint density at radius 3 is 2.81 bits per heavy atom. The van der Waals surface area contributed by atoms with E-state index >= 15 is 0 Å². The van der Waals surface area contributed by atoms with Crippen LogP contribution in [0, 0.1) is 5.92 Å². The summed E-state index contributed by atoms with van der Waals surface area (Å²) in [6, 6.07) is 15.2. The average Bonchev–Trinajstić information content (AvgIpc) is 2.83. The predicted molar refractivity (Wildman–Crippen MR) is 118 cm³/mol. The predicted octanol–water partition coefficient (Wildman–Crippen LogP) is 3.43. The molecule has 0 radical (unpaired) electrons. The minimum Gasteiger partial charge on any atom is -0.494 e. The van der Waals surface area contributed by atoms with E-state index < -0.39 is 0 Å². The van der Waals surface area contributed by atoms with E-state index in [2.05, 4.69) is 5.32 Å². The molecule has 3 amide bonds. The van der Waals surface area contributed by atoms with Crippen LogP contribution in [0.2, 0.25) is 0 Å². The van der Waals surface area contributed by atoms with Crippen molar-refractivity contribution in [1.82, 2.24) is 10.2 Å². The van der Waals surface area contributed by atoms with Crippen LogP contribution in [0.25, 0.3) is 0 Å². The molecule has 4 rings (SSSR count). The molecule has 0 spiro atoms. The van der Waals surface area contributed by atoms with Gasteiger partial charge in [0.05, 0.1) is 24.8 Å². The molecule has 0 saturated carbocycles. The highest BCUT2D eigenvalue weighted by Crippen LogP contribution is 2.32. The number of hydrogen-bond donors (Lipinski definition) is 1. The molecule has 0 unspecified atom stereocenters. The molecule has 2 aromatic carbocycles. The summed E-state index contributed by atoms with van der Waals surface area (Å²) in [6.07, 6.45) is 1.59. The Morgan fingerprint density at radius 1 is 1.13 bits per heavy atom. The third-order valence-corrected chi connectivity index (χ3v) is 5.75. The Hall–Kier alpha value is -3.22. The van der Waals surface area contributed by atoms with E-state index in [0.717, 1.165) is 35.6 Å². The molecule has 31 heavy (non-hydrogen) atoms. The number of para-hydroxylation sites is 3. The SMILES string of the molecule is CCOc1ccccc1CNC(=O)[C@@H]1CCCN(C(=O)N2CCOc3ccccc32)C1. The lowest BCUT2D eigenvalue weighted by atomic mass is 9.97. The first-order chi connectivity index (χ1) is 15.2. The largest absolute Gasteiger partial charge is 0.494 e. The lowest BCUT2D eigenvalue weighted by molar-refractivity contribution is -0.126. The summed E-state index contributed by atoms with van der Waals surface area (Å²) in [7, 11) is 0. The van der Waals surface area contributed by atoms with Crippen LogP contribution in [0.5, 0.6) is 11.5 Å². The van der Waals surface area contributed by atoms with Gasteiger partial charge in [0.15, 0.2) is 0 Å². The van der Waals surface area contributed by atoms with Crippen LogP contribution in [0.15, 0.2) is 48.5 Å². The first-order valence-electron chi connectivity index (χ1n) is 10.9. The van der Waals surface area contributed by atoms with Gasteiger partial charge in [-0.05, 0) is 38.0 Å². The molecule has 0 aromatic heterocycles. The number of rotatable bonds is 5. The second-order valence-electron chi connectivity index (χ2n) is 7.79. The number of nitrogens with one attached hydrogen (secondary N) is 1. The van der Waals surface area contributed by atoms with E-state index in [1.807, 2.05) is 55.5 Å². The summed E-state index contributed by atoms with van der Waals surface area (Å²) in [5.41, 5.74) is 1.74. The number of ether oxygens (including phenoxy) is 2. The van der Waals surface area contributed by atoms with Crippen molar-refractivity contribution in [3.63, 3.8) is 0 Å². The van der Waals surface area contributed by atoms with Gasteiger partial charge >= 0.3 is 6.03 Å². The molecule has 164 valence electrons. The fraction of sp³-hybridized carbons (Fsp3) is 0.417. The quantitative estimate of drug-likeness (QED) is 0.800. The van der Waals surface area contributed by atoms with Gasteiger partial charge in [-0.3, -0.25) is 9.69 Å². The topological polar surface area (TPSA) is 71.1 Å². The zero-order valence-electron chi connectivity index (χ0n) is 17.9. The zero-order chi connectivity index (χ0) is 21.6. The Kier molecular flexibility index (Phi) is 6.60. The van der Waals surface area contributed by atoms with Crippen molar-refractivity contribution in [2.45, 2.75) is 26.3 Å². The molecular weight excluding hydrogens is 394 g/mol. The lowest BCUT2D eigenvalue weighted by Gasteiger charge is -2.37. The summed E-state index contributed by atoms with van der Waals surface area (Å²) in [4.78, 5) is 29.6. The molecular formula is C24H29N3O4. The number of carbonyl (C=O) groups is 2. The number of fused-ring (bicyclic) bond motifs is 1. The molecule has 1 N–H and O–H groups in total. The second-order valence-corrected chi connectivity index (χ2v) is 7.79. The molecule has 7 nitrogen and oxygen atoms in total. The molecule has 0 aliphatic carbocycles. The molecule has 1 fully saturated rings. The van der Waals surface area contributed by atoms with Gasteiger partial charge in [0.2, 0.25) is 5.91 Å². The van der Waals surface area contributed by atoms with Crippen molar-refractivity contribution in [3.05, 3.63) is 54.1 Å². The molecule has 2 aliphatic heterocycles. The van der Waals surface area contributed by atoms with Crippen LogP contribution in [-0.4, -0.2) is 49.7 Å². The van der Waals surface area contributed by atoms with E-state index in [1.165, 1.54) is 0 Å². The summed E-state index contributed by atoms with van der Waals surface area (Å²) >= 11 is 0. The van der Waals surface area contributed by atoms with Crippen molar-refractivity contribution in [1.29, 1.82) is 0 Å². The normalized spacial score (nSPS) is 18.0. The summed E-state index contributed by atoms with van der Waals surface area (Å²) in [5.74, 6) is 1.28. The minimum absolute atomic E-state index is 0.0221. The van der Waals surface area contributed by atoms with E-state index in [0.29, 0.717) is 39.4 Å². The number of piperidine rings is 1. The van der Waals surface area contributed by atoms with E-state index in [4.69, 9.17) is 9.47 Å². The van der Waals surface area contributed by atoms with E-state index in [-0.39, 0.29) is 17.9 Å². The minimum atomic E-state index is -0.215. The van der Waals surface area contributed by atoms with Gasteiger partial charge in [0.25, 0.3) is 0 Å². The highest BCUT2D eigenvalue weighted by molar-refractivity contribution is 5.94. The molecule has 2 aromatic rings. The summed E-state index contributed by atoms with van der Waals surface area (Å²) < 4.78 is 11.3. The second kappa shape index (κ2) is 9.73. The standard InChI is InChI=1S/C24H29N3O4/c1-2-30-21-11-5-3-8-18(21)16-25-23(28)19-9-7-13-26(17-19)24(29)27-14-15-31-22-12-6-4-10-20(22)27/h3-6,8,10-12,19H,2,7,9,13-17H2,1H3,(H,25,28)/t19-/m1/s1. The van der Waals surface area contributed by atoms with Gasteiger partial charge in [0, 0.05) is 25.2 Å². The highest BCUT2D eigenvalue weighted by Gasteiger charge is 2.33. The number of hydrogen-bond acceptors (Lipinski definition) is 4. The zero-order valence-corrected chi connectivity index (χ0v) is 17.9. The smallest absolute Gasteiger partial charge is 0.324 e. The molecule has 0 bridgehead atoms. The number of carbonyl (C=O) groups excluding carboxylic acids is 2. The number of urea groups is 1. The van der Waals surface area contributed by atoms with Crippen molar-refractivity contribution in [2.75, 3.05) is 37.7 Å². The molecule has 2 heterocycles. The maximum absolute atomic E-state index is 13.2. The fourth-order valence-corrected chi connectivity index (χ4v) is 4.18. The molecule has 7 heteroatoms. The van der Waals surface area contributed by atoms with Crippen molar-refractivity contribution in [3.8, 4) is 11.5 Å². The average molecular weight is 424 g/mol. The van der Waals surface area contributed by atoms with Gasteiger partial charge in [-0.15, -0.1) is 0 Å². The van der Waals surface area contributed by atoms with Crippen LogP contribution in [0.1, 0.15) is 25.3 Å². The van der Waals surface area contributed by atoms with Crippen molar-refractivity contribution >= 4 is 17.6 Å². The van der Waals surface area contributed by atoms with Crippen molar-refractivity contribution < 1.29 is 19.1 Å². The number of likely N-dealkylation sites (tertiary alicyclic amines) is 1. The van der Waals surface area contributed by atoms with Crippen molar-refractivity contribution in [2.24, 2.45) is 5.92 Å². The van der Waals surface area contributed by atoms with E-state index in [1.54, 1.807) is 9.80 Å². The Bertz CT molecular complexity index is 933. The molecule has 1 atom stereocenters. The van der Waals surface area contributed by atoms with Gasteiger partial charge in [-0.2, -0.15) is 0 Å². The van der Waals surface area contributed by atoms with Gasteiger partial charge in [-0.1, -0.05) is 30.3 Å². The Morgan fingerprint density at radius 2 is 1.94 bits per heavy atom. The Labute approximate surface area is 182 Å². The van der Waals surface area contributed by atoms with Gasteiger partial charge < -0.3 is 19.7 Å².